The van der Waals surface area contributed by atoms with Gasteiger partial charge in [0.2, 0.25) is 0 Å². The number of rotatable bonds is 2. The lowest BCUT2D eigenvalue weighted by Gasteiger charge is -2.04. The molecule has 19 heavy (non-hydrogen) atoms. The molecule has 3 rings (SSSR count). The van der Waals surface area contributed by atoms with Gasteiger partial charge in [-0.05, 0) is 30.3 Å². The van der Waals surface area contributed by atoms with Crippen molar-refractivity contribution in [1.82, 2.24) is 9.97 Å². The molecule has 6 heteroatoms. The quantitative estimate of drug-likeness (QED) is 0.749. The molecule has 0 aliphatic rings. The van der Waals surface area contributed by atoms with E-state index in [4.69, 9.17) is 5.73 Å². The molecular formula is C13H10N4OS. The van der Waals surface area contributed by atoms with Crippen LogP contribution < -0.4 is 11.1 Å². The first-order chi connectivity index (χ1) is 9.22. The number of carbonyl (C=O) groups excluding carboxylic acids is 1. The zero-order valence-corrected chi connectivity index (χ0v) is 10.6. The van der Waals surface area contributed by atoms with Gasteiger partial charge in [-0.1, -0.05) is 11.3 Å². The molecule has 0 fully saturated rings. The molecule has 3 aromatic rings. The second kappa shape index (κ2) is 4.66. The van der Waals surface area contributed by atoms with Crippen molar-refractivity contribution < 1.29 is 4.79 Å². The molecule has 0 unspecified atom stereocenters. The summed E-state index contributed by atoms with van der Waals surface area (Å²) in [6.45, 7) is 0. The predicted octanol–water partition coefficient (Wildman–Crippen LogP) is 2.53. The molecule has 5 nitrogen and oxygen atoms in total. The van der Waals surface area contributed by atoms with Gasteiger partial charge in [-0.15, -0.1) is 0 Å². The summed E-state index contributed by atoms with van der Waals surface area (Å²) in [4.78, 5) is 20.0. The third-order valence-corrected chi connectivity index (χ3v) is 3.43. The van der Waals surface area contributed by atoms with Crippen LogP contribution >= 0.6 is 11.3 Å². The van der Waals surface area contributed by atoms with Gasteiger partial charge in [0.25, 0.3) is 5.91 Å². The molecular weight excluding hydrogens is 260 g/mol. The topological polar surface area (TPSA) is 80.9 Å². The molecule has 0 bridgehead atoms. The number of aromatic nitrogens is 2. The van der Waals surface area contributed by atoms with Crippen LogP contribution in [0.4, 0.5) is 10.8 Å². The lowest BCUT2D eigenvalue weighted by molar-refractivity contribution is 0.102. The summed E-state index contributed by atoms with van der Waals surface area (Å²) in [6, 6.07) is 8.93. The van der Waals surface area contributed by atoms with E-state index in [1.54, 1.807) is 24.4 Å². The molecule has 3 N–H and O–H groups in total. The van der Waals surface area contributed by atoms with Crippen LogP contribution in [0.15, 0.2) is 42.7 Å². The molecule has 0 saturated heterocycles. The fourth-order valence-electron chi connectivity index (χ4n) is 1.72. The molecule has 0 atom stereocenters. The second-order valence-corrected chi connectivity index (χ2v) is 4.99. The first-order valence-electron chi connectivity index (χ1n) is 5.60. The normalized spacial score (nSPS) is 10.5. The highest BCUT2D eigenvalue weighted by molar-refractivity contribution is 7.22. The number of benzene rings is 1. The van der Waals surface area contributed by atoms with Crippen molar-refractivity contribution in [3.05, 3.63) is 48.3 Å². The number of pyridine rings is 1. The summed E-state index contributed by atoms with van der Waals surface area (Å²) in [7, 11) is 0. The number of amides is 1. The maximum Gasteiger partial charge on any atom is 0.257 e. The highest BCUT2D eigenvalue weighted by Gasteiger charge is 2.07. The van der Waals surface area contributed by atoms with Gasteiger partial charge >= 0.3 is 0 Å². The van der Waals surface area contributed by atoms with E-state index in [0.717, 1.165) is 10.2 Å². The highest BCUT2D eigenvalue weighted by Crippen LogP contribution is 2.26. The van der Waals surface area contributed by atoms with Gasteiger partial charge < -0.3 is 11.1 Å². The molecule has 0 radical (unpaired) electrons. The van der Waals surface area contributed by atoms with E-state index in [1.165, 1.54) is 17.5 Å². The number of nitrogens with two attached hydrogens (primary N) is 1. The number of anilines is 2. The third kappa shape index (κ3) is 2.38. The van der Waals surface area contributed by atoms with Crippen LogP contribution in [0.3, 0.4) is 0 Å². The minimum absolute atomic E-state index is 0.190. The number of nitrogens with one attached hydrogen (secondary N) is 1. The maximum absolute atomic E-state index is 12.0. The van der Waals surface area contributed by atoms with Crippen LogP contribution in [-0.2, 0) is 0 Å². The van der Waals surface area contributed by atoms with E-state index < -0.39 is 0 Å². The van der Waals surface area contributed by atoms with Gasteiger partial charge in [0.05, 0.1) is 15.8 Å². The van der Waals surface area contributed by atoms with Crippen LogP contribution in [0, 0.1) is 0 Å². The average molecular weight is 270 g/mol. The number of thiazole rings is 1. The molecule has 1 amide bonds. The number of hydrogen-bond acceptors (Lipinski definition) is 5. The Labute approximate surface area is 113 Å². The summed E-state index contributed by atoms with van der Waals surface area (Å²) >= 11 is 1.39. The number of hydrogen-bond donors (Lipinski definition) is 2. The van der Waals surface area contributed by atoms with Crippen molar-refractivity contribution in [3.63, 3.8) is 0 Å². The Morgan fingerprint density at radius 1 is 1.32 bits per heavy atom. The summed E-state index contributed by atoms with van der Waals surface area (Å²) in [5.41, 5.74) is 7.71. The second-order valence-electron chi connectivity index (χ2n) is 3.93. The standard InChI is InChI=1S/C13H10N4OS/c14-13-17-10-4-3-9(6-11(10)19-13)16-12(18)8-2-1-5-15-7-8/h1-7H,(H2,14,17)(H,16,18). The summed E-state index contributed by atoms with van der Waals surface area (Å²) < 4.78 is 0.946. The van der Waals surface area contributed by atoms with Crippen LogP contribution in [0.5, 0.6) is 0 Å². The van der Waals surface area contributed by atoms with E-state index >= 15 is 0 Å². The number of nitrogens with zero attached hydrogens (tertiary/aromatic N) is 2. The molecule has 0 aliphatic carbocycles. The SMILES string of the molecule is Nc1nc2ccc(NC(=O)c3cccnc3)cc2s1. The Morgan fingerprint density at radius 2 is 2.21 bits per heavy atom. The molecule has 0 spiro atoms. The highest BCUT2D eigenvalue weighted by atomic mass is 32.1. The lowest BCUT2D eigenvalue weighted by atomic mass is 10.2. The molecule has 0 aliphatic heterocycles. The molecule has 2 heterocycles. The Kier molecular flexibility index (Phi) is 2.85. The van der Waals surface area contributed by atoms with E-state index in [2.05, 4.69) is 15.3 Å². The Hall–Kier alpha value is -2.47. The fraction of sp³-hybridized carbons (Fsp3) is 0. The molecule has 2 aromatic heterocycles. The van der Waals surface area contributed by atoms with Crippen LogP contribution in [0.25, 0.3) is 10.2 Å². The van der Waals surface area contributed by atoms with E-state index in [-0.39, 0.29) is 5.91 Å². The molecule has 1 aromatic carbocycles. The van der Waals surface area contributed by atoms with Crippen molar-refractivity contribution in [2.75, 3.05) is 11.1 Å². The van der Waals surface area contributed by atoms with E-state index in [0.29, 0.717) is 16.4 Å². The first kappa shape index (κ1) is 11.6. The lowest BCUT2D eigenvalue weighted by Crippen LogP contribution is -2.11. The van der Waals surface area contributed by atoms with Crippen molar-refractivity contribution in [3.8, 4) is 0 Å². The summed E-state index contributed by atoms with van der Waals surface area (Å²) in [6.07, 6.45) is 3.15. The zero-order valence-electron chi connectivity index (χ0n) is 9.83. The van der Waals surface area contributed by atoms with Crippen molar-refractivity contribution >= 4 is 38.3 Å². The summed E-state index contributed by atoms with van der Waals surface area (Å²) in [5.74, 6) is -0.190. The predicted molar refractivity (Wildman–Crippen MR) is 76.2 cm³/mol. The number of fused-ring (bicyclic) bond motifs is 1. The number of carbonyl (C=O) groups is 1. The third-order valence-electron chi connectivity index (χ3n) is 2.59. The average Bonchev–Trinajstić information content (AvgIpc) is 2.79. The van der Waals surface area contributed by atoms with Crippen molar-refractivity contribution in [2.45, 2.75) is 0 Å². The van der Waals surface area contributed by atoms with Gasteiger partial charge in [-0.3, -0.25) is 9.78 Å². The minimum Gasteiger partial charge on any atom is -0.375 e. The smallest absolute Gasteiger partial charge is 0.257 e. The summed E-state index contributed by atoms with van der Waals surface area (Å²) in [5, 5.41) is 3.34. The van der Waals surface area contributed by atoms with Crippen LogP contribution in [0.1, 0.15) is 10.4 Å². The van der Waals surface area contributed by atoms with Gasteiger partial charge in [0.15, 0.2) is 5.13 Å². The Bertz CT molecular complexity index is 739. The Morgan fingerprint density at radius 3 is 3.00 bits per heavy atom. The Balaban J connectivity index is 1.87. The minimum atomic E-state index is -0.190. The first-order valence-corrected chi connectivity index (χ1v) is 6.41. The van der Waals surface area contributed by atoms with Gasteiger partial charge in [-0.2, -0.15) is 0 Å². The van der Waals surface area contributed by atoms with E-state index in [1.807, 2.05) is 12.1 Å². The largest absolute Gasteiger partial charge is 0.375 e. The fourth-order valence-corrected chi connectivity index (χ4v) is 2.49. The number of nitrogen functional groups attached to an aromatic ring is 1. The molecule has 94 valence electrons. The van der Waals surface area contributed by atoms with Crippen LogP contribution in [0.2, 0.25) is 0 Å². The van der Waals surface area contributed by atoms with Crippen LogP contribution in [-0.4, -0.2) is 15.9 Å². The van der Waals surface area contributed by atoms with Gasteiger partial charge in [0.1, 0.15) is 0 Å². The van der Waals surface area contributed by atoms with Gasteiger partial charge in [0, 0.05) is 18.1 Å². The van der Waals surface area contributed by atoms with E-state index in [9.17, 15) is 4.79 Å². The van der Waals surface area contributed by atoms with Crippen molar-refractivity contribution in [2.24, 2.45) is 0 Å². The van der Waals surface area contributed by atoms with Gasteiger partial charge in [-0.25, -0.2) is 4.98 Å². The maximum atomic E-state index is 12.0. The van der Waals surface area contributed by atoms with Crippen molar-refractivity contribution in [1.29, 1.82) is 0 Å². The molecule has 0 saturated carbocycles. The zero-order chi connectivity index (χ0) is 13.2. The monoisotopic (exact) mass is 270 g/mol.